The summed E-state index contributed by atoms with van der Waals surface area (Å²) in [7, 11) is 0. The van der Waals surface area contributed by atoms with Crippen LogP contribution in [0.2, 0.25) is 0 Å². The number of nitrogens with zero attached hydrogens (tertiary/aromatic N) is 1. The third-order valence-electron chi connectivity index (χ3n) is 3.29. The summed E-state index contributed by atoms with van der Waals surface area (Å²) in [6, 6.07) is 4.88. The predicted octanol–water partition coefficient (Wildman–Crippen LogP) is 1.25. The normalized spacial score (nSPS) is 11.9. The number of carboxylic acid groups (broad SMARTS) is 1. The lowest BCUT2D eigenvalue weighted by molar-refractivity contribution is -0.137. The van der Waals surface area contributed by atoms with Crippen LogP contribution in [0.15, 0.2) is 29.2 Å². The lowest BCUT2D eigenvalue weighted by Gasteiger charge is -2.11. The number of carboxylic acids is 1. The number of hydrogen-bond donors (Lipinski definition) is 2. The summed E-state index contributed by atoms with van der Waals surface area (Å²) < 4.78 is 1.50. The fraction of sp³-hybridized carbons (Fsp3) is 0.533. The van der Waals surface area contributed by atoms with Gasteiger partial charge < -0.3 is 15.0 Å². The Morgan fingerprint density at radius 2 is 2.05 bits per heavy atom. The van der Waals surface area contributed by atoms with Gasteiger partial charge in [0.2, 0.25) is 5.91 Å². The first kappa shape index (κ1) is 16.9. The van der Waals surface area contributed by atoms with Gasteiger partial charge in [0.15, 0.2) is 0 Å². The summed E-state index contributed by atoms with van der Waals surface area (Å²) in [5.74, 6) is -0.631. The SMILES string of the molecule is CC(CCNC(=O)CCn1ccccc1=O)CCC(=O)O. The van der Waals surface area contributed by atoms with Crippen molar-refractivity contribution in [1.82, 2.24) is 9.88 Å². The van der Waals surface area contributed by atoms with Gasteiger partial charge in [0.25, 0.3) is 5.56 Å². The number of hydrogen-bond acceptors (Lipinski definition) is 3. The van der Waals surface area contributed by atoms with Crippen molar-refractivity contribution in [3.05, 3.63) is 34.7 Å². The molecule has 1 aromatic heterocycles. The molecule has 1 atom stereocenters. The van der Waals surface area contributed by atoms with Crippen LogP contribution in [0.25, 0.3) is 0 Å². The first-order chi connectivity index (χ1) is 9.99. The highest BCUT2D eigenvalue weighted by atomic mass is 16.4. The molecule has 1 aromatic rings. The molecule has 0 spiro atoms. The summed E-state index contributed by atoms with van der Waals surface area (Å²) in [4.78, 5) is 33.5. The van der Waals surface area contributed by atoms with Gasteiger partial charge in [-0.1, -0.05) is 13.0 Å². The maximum absolute atomic E-state index is 11.7. The second kappa shape index (κ2) is 8.94. The van der Waals surface area contributed by atoms with Crippen LogP contribution < -0.4 is 10.9 Å². The van der Waals surface area contributed by atoms with E-state index in [1.165, 1.54) is 10.6 Å². The van der Waals surface area contributed by atoms with Gasteiger partial charge in [-0.3, -0.25) is 14.4 Å². The minimum atomic E-state index is -0.792. The van der Waals surface area contributed by atoms with Crippen molar-refractivity contribution >= 4 is 11.9 Å². The van der Waals surface area contributed by atoms with Crippen molar-refractivity contribution in [2.45, 2.75) is 39.2 Å². The zero-order chi connectivity index (χ0) is 15.7. The molecule has 0 aliphatic rings. The molecule has 0 aliphatic heterocycles. The predicted molar refractivity (Wildman–Crippen MR) is 79.0 cm³/mol. The average Bonchev–Trinajstić information content (AvgIpc) is 2.44. The molecule has 6 heteroatoms. The highest BCUT2D eigenvalue weighted by Gasteiger charge is 2.07. The quantitative estimate of drug-likeness (QED) is 0.717. The Kier molecular flexibility index (Phi) is 7.21. The molecule has 0 radical (unpaired) electrons. The smallest absolute Gasteiger partial charge is 0.303 e. The zero-order valence-corrected chi connectivity index (χ0v) is 12.2. The molecule has 0 bridgehead atoms. The number of aliphatic carboxylic acids is 1. The Morgan fingerprint density at radius 1 is 1.29 bits per heavy atom. The van der Waals surface area contributed by atoms with Gasteiger partial charge in [-0.25, -0.2) is 0 Å². The molecular formula is C15H22N2O4. The zero-order valence-electron chi connectivity index (χ0n) is 12.2. The van der Waals surface area contributed by atoms with Crippen molar-refractivity contribution in [1.29, 1.82) is 0 Å². The van der Waals surface area contributed by atoms with E-state index in [0.717, 1.165) is 6.42 Å². The van der Waals surface area contributed by atoms with E-state index in [-0.39, 0.29) is 30.2 Å². The summed E-state index contributed by atoms with van der Waals surface area (Å²) in [6.45, 7) is 2.86. The van der Waals surface area contributed by atoms with Crippen LogP contribution >= 0.6 is 0 Å². The number of aryl methyl sites for hydroxylation is 1. The average molecular weight is 294 g/mol. The molecule has 2 N–H and O–H groups in total. The van der Waals surface area contributed by atoms with Crippen LogP contribution in [0.1, 0.15) is 32.6 Å². The van der Waals surface area contributed by atoms with Crippen molar-refractivity contribution in [2.75, 3.05) is 6.54 Å². The Bertz CT molecular complexity index is 524. The lowest BCUT2D eigenvalue weighted by Crippen LogP contribution is -2.28. The highest BCUT2D eigenvalue weighted by molar-refractivity contribution is 5.75. The van der Waals surface area contributed by atoms with Crippen molar-refractivity contribution in [3.8, 4) is 0 Å². The van der Waals surface area contributed by atoms with Gasteiger partial charge >= 0.3 is 5.97 Å². The van der Waals surface area contributed by atoms with Gasteiger partial charge in [-0.2, -0.15) is 0 Å². The molecule has 0 fully saturated rings. The molecule has 21 heavy (non-hydrogen) atoms. The van der Waals surface area contributed by atoms with E-state index in [0.29, 0.717) is 19.5 Å². The number of amides is 1. The Hall–Kier alpha value is -2.11. The summed E-state index contributed by atoms with van der Waals surface area (Å²) in [5.41, 5.74) is -0.118. The molecule has 0 saturated heterocycles. The molecule has 116 valence electrons. The van der Waals surface area contributed by atoms with E-state index in [9.17, 15) is 14.4 Å². The molecule has 1 heterocycles. The molecular weight excluding hydrogens is 272 g/mol. The van der Waals surface area contributed by atoms with Gasteiger partial charge in [0.1, 0.15) is 0 Å². The lowest BCUT2D eigenvalue weighted by atomic mass is 10.0. The van der Waals surface area contributed by atoms with E-state index in [1.54, 1.807) is 18.3 Å². The Balaban J connectivity index is 2.18. The third kappa shape index (κ3) is 7.29. The Labute approximate surface area is 123 Å². The summed E-state index contributed by atoms with van der Waals surface area (Å²) in [5, 5.41) is 11.4. The maximum Gasteiger partial charge on any atom is 0.303 e. The number of nitrogens with one attached hydrogen (secondary N) is 1. The minimum absolute atomic E-state index is 0.101. The summed E-state index contributed by atoms with van der Waals surface area (Å²) >= 11 is 0. The maximum atomic E-state index is 11.7. The van der Waals surface area contributed by atoms with Crippen LogP contribution in [-0.2, 0) is 16.1 Å². The van der Waals surface area contributed by atoms with Crippen LogP contribution in [0.4, 0.5) is 0 Å². The molecule has 0 aromatic carbocycles. The highest BCUT2D eigenvalue weighted by Crippen LogP contribution is 2.09. The first-order valence-corrected chi connectivity index (χ1v) is 7.13. The van der Waals surface area contributed by atoms with Crippen molar-refractivity contribution in [3.63, 3.8) is 0 Å². The van der Waals surface area contributed by atoms with Crippen molar-refractivity contribution < 1.29 is 14.7 Å². The van der Waals surface area contributed by atoms with E-state index in [2.05, 4.69) is 5.32 Å². The number of rotatable bonds is 9. The van der Waals surface area contributed by atoms with Crippen molar-refractivity contribution in [2.24, 2.45) is 5.92 Å². The van der Waals surface area contributed by atoms with E-state index >= 15 is 0 Å². The van der Waals surface area contributed by atoms with E-state index < -0.39 is 5.97 Å². The number of carbonyl (C=O) groups excluding carboxylic acids is 1. The third-order valence-corrected chi connectivity index (χ3v) is 3.29. The fourth-order valence-electron chi connectivity index (χ4n) is 1.93. The topological polar surface area (TPSA) is 88.4 Å². The molecule has 1 amide bonds. The fourth-order valence-corrected chi connectivity index (χ4v) is 1.93. The first-order valence-electron chi connectivity index (χ1n) is 7.13. The molecule has 1 rings (SSSR count). The second-order valence-electron chi connectivity index (χ2n) is 5.16. The van der Waals surface area contributed by atoms with Crippen LogP contribution in [0, 0.1) is 5.92 Å². The van der Waals surface area contributed by atoms with E-state index in [4.69, 9.17) is 5.11 Å². The molecule has 6 nitrogen and oxygen atoms in total. The largest absolute Gasteiger partial charge is 0.481 e. The second-order valence-corrected chi connectivity index (χ2v) is 5.16. The standard InChI is InChI=1S/C15H22N2O4/c1-12(5-6-15(20)21)7-9-16-13(18)8-11-17-10-3-2-4-14(17)19/h2-4,10,12H,5-9,11H2,1H3,(H,16,18)(H,20,21). The van der Waals surface area contributed by atoms with Gasteiger partial charge in [0.05, 0.1) is 0 Å². The van der Waals surface area contributed by atoms with Gasteiger partial charge in [-0.05, 0) is 24.8 Å². The van der Waals surface area contributed by atoms with Crippen LogP contribution in [-0.4, -0.2) is 28.1 Å². The van der Waals surface area contributed by atoms with Gasteiger partial charge in [-0.15, -0.1) is 0 Å². The number of aromatic nitrogens is 1. The number of carbonyl (C=O) groups is 2. The minimum Gasteiger partial charge on any atom is -0.481 e. The molecule has 1 unspecified atom stereocenters. The monoisotopic (exact) mass is 294 g/mol. The van der Waals surface area contributed by atoms with Crippen LogP contribution in [0.5, 0.6) is 0 Å². The number of pyridine rings is 1. The summed E-state index contributed by atoms with van der Waals surface area (Å²) in [6.07, 6.45) is 3.44. The van der Waals surface area contributed by atoms with Gasteiger partial charge in [0, 0.05) is 38.2 Å². The molecule has 0 saturated carbocycles. The van der Waals surface area contributed by atoms with E-state index in [1.807, 2.05) is 6.92 Å². The Morgan fingerprint density at radius 3 is 2.71 bits per heavy atom. The van der Waals surface area contributed by atoms with Crippen LogP contribution in [0.3, 0.4) is 0 Å². The molecule has 0 aliphatic carbocycles.